The summed E-state index contributed by atoms with van der Waals surface area (Å²) in [5.41, 5.74) is 4.40. The SMILES string of the molecule is Cn1ncc(-c2ccc3cnc(CC(=O)C4CCN(C(=O)CN5CCCC5)CC4)cc3c2)c1CN1CCCCC1. The summed E-state index contributed by atoms with van der Waals surface area (Å²) in [7, 11) is 2.03. The summed E-state index contributed by atoms with van der Waals surface area (Å²) >= 11 is 0. The highest BCUT2D eigenvalue weighted by Gasteiger charge is 2.28. The first kappa shape index (κ1) is 27.1. The van der Waals surface area contributed by atoms with Crippen LogP contribution in [-0.2, 0) is 29.6 Å². The molecule has 3 aliphatic rings. The van der Waals surface area contributed by atoms with E-state index in [1.165, 1.54) is 43.4 Å². The maximum atomic E-state index is 13.2. The predicted molar refractivity (Wildman–Crippen MR) is 157 cm³/mol. The minimum absolute atomic E-state index is 0.00686. The Bertz CT molecular complexity index is 1350. The van der Waals surface area contributed by atoms with E-state index in [-0.39, 0.29) is 17.6 Å². The molecular weight excluding hydrogens is 500 g/mol. The Morgan fingerprint density at radius 3 is 2.35 bits per heavy atom. The fraction of sp³-hybridized carbons (Fsp3) is 0.562. The molecule has 3 aromatic rings. The molecule has 0 N–H and O–H groups in total. The van der Waals surface area contributed by atoms with Gasteiger partial charge < -0.3 is 4.90 Å². The van der Waals surface area contributed by atoms with Crippen molar-refractivity contribution in [2.45, 2.75) is 57.9 Å². The number of benzene rings is 1. The van der Waals surface area contributed by atoms with Gasteiger partial charge in [0.25, 0.3) is 0 Å². The van der Waals surface area contributed by atoms with E-state index < -0.39 is 0 Å². The summed E-state index contributed by atoms with van der Waals surface area (Å²) in [6.07, 6.45) is 12.0. The molecule has 0 unspecified atom stereocenters. The van der Waals surface area contributed by atoms with Gasteiger partial charge in [0, 0.05) is 61.9 Å². The molecule has 0 atom stereocenters. The molecule has 6 rings (SSSR count). The van der Waals surface area contributed by atoms with E-state index in [0.29, 0.717) is 26.1 Å². The van der Waals surface area contributed by atoms with Crippen molar-refractivity contribution in [1.82, 2.24) is 29.5 Å². The van der Waals surface area contributed by atoms with Crippen LogP contribution in [0.15, 0.2) is 36.7 Å². The number of aromatic nitrogens is 3. The van der Waals surface area contributed by atoms with Crippen LogP contribution in [0.1, 0.15) is 56.3 Å². The summed E-state index contributed by atoms with van der Waals surface area (Å²) in [5.74, 6) is 0.464. The van der Waals surface area contributed by atoms with Crippen molar-refractivity contribution < 1.29 is 9.59 Å². The van der Waals surface area contributed by atoms with Crippen LogP contribution in [0.4, 0.5) is 0 Å². The minimum atomic E-state index is 0.00686. The average Bonchev–Trinajstić information content (AvgIpc) is 3.63. The first-order valence-electron chi connectivity index (χ1n) is 15.2. The van der Waals surface area contributed by atoms with Crippen LogP contribution in [0.5, 0.6) is 0 Å². The van der Waals surface area contributed by atoms with Crippen molar-refractivity contribution >= 4 is 22.5 Å². The average molecular weight is 543 g/mol. The molecule has 0 radical (unpaired) electrons. The Kier molecular flexibility index (Phi) is 8.25. The Morgan fingerprint density at radius 1 is 0.850 bits per heavy atom. The van der Waals surface area contributed by atoms with Gasteiger partial charge in [0.05, 0.1) is 18.4 Å². The van der Waals surface area contributed by atoms with Crippen LogP contribution < -0.4 is 0 Å². The molecular formula is C32H42N6O2. The van der Waals surface area contributed by atoms with Gasteiger partial charge in [-0.05, 0) is 87.8 Å². The van der Waals surface area contributed by atoms with Gasteiger partial charge in [0.2, 0.25) is 5.91 Å². The highest BCUT2D eigenvalue weighted by atomic mass is 16.2. The number of Topliss-reactive ketones (excluding diaryl/α,β-unsaturated/α-hetero) is 1. The second-order valence-electron chi connectivity index (χ2n) is 12.0. The Balaban J connectivity index is 1.10. The van der Waals surface area contributed by atoms with Gasteiger partial charge in [-0.2, -0.15) is 5.10 Å². The molecule has 3 fully saturated rings. The van der Waals surface area contributed by atoms with Crippen LogP contribution >= 0.6 is 0 Å². The number of rotatable bonds is 8. The minimum Gasteiger partial charge on any atom is -0.342 e. The summed E-state index contributed by atoms with van der Waals surface area (Å²) in [4.78, 5) is 37.3. The number of pyridine rings is 1. The van der Waals surface area contributed by atoms with E-state index >= 15 is 0 Å². The summed E-state index contributed by atoms with van der Waals surface area (Å²) < 4.78 is 2.01. The van der Waals surface area contributed by atoms with E-state index in [2.05, 4.69) is 44.1 Å². The zero-order valence-corrected chi connectivity index (χ0v) is 23.9. The number of aryl methyl sites for hydroxylation is 1. The van der Waals surface area contributed by atoms with Crippen LogP contribution in [0.2, 0.25) is 0 Å². The quantitative estimate of drug-likeness (QED) is 0.427. The maximum Gasteiger partial charge on any atom is 0.236 e. The van der Waals surface area contributed by atoms with Gasteiger partial charge in [0.15, 0.2) is 0 Å². The lowest BCUT2D eigenvalue weighted by Crippen LogP contribution is -2.44. The number of hydrogen-bond acceptors (Lipinski definition) is 6. The normalized spacial score (nSPS) is 19.5. The zero-order chi connectivity index (χ0) is 27.5. The van der Waals surface area contributed by atoms with E-state index in [0.717, 1.165) is 67.6 Å². The number of piperidine rings is 2. The molecule has 1 aromatic carbocycles. The lowest BCUT2D eigenvalue weighted by atomic mass is 9.90. The maximum absolute atomic E-state index is 13.2. The molecule has 40 heavy (non-hydrogen) atoms. The molecule has 8 heteroatoms. The molecule has 1 amide bonds. The van der Waals surface area contributed by atoms with Gasteiger partial charge in [-0.3, -0.25) is 29.1 Å². The lowest BCUT2D eigenvalue weighted by Gasteiger charge is -2.32. The third-order valence-electron chi connectivity index (χ3n) is 9.19. The number of carbonyl (C=O) groups excluding carboxylic acids is 2. The predicted octanol–water partition coefficient (Wildman–Crippen LogP) is 4.07. The van der Waals surface area contributed by atoms with E-state index in [4.69, 9.17) is 0 Å². The number of likely N-dealkylation sites (tertiary alicyclic amines) is 3. The van der Waals surface area contributed by atoms with Crippen LogP contribution in [0.25, 0.3) is 21.9 Å². The largest absolute Gasteiger partial charge is 0.342 e. The number of carbonyl (C=O) groups is 2. The monoisotopic (exact) mass is 542 g/mol. The standard InChI is InChI=1S/C32H42N6O2/c1-35-30(22-36-11-3-2-4-12-36)29(21-34-35)25-7-8-26-20-33-28(18-27(26)17-25)19-31(39)24-9-15-38(16-10-24)32(40)23-37-13-5-6-14-37/h7-8,17-18,20-21,24H,2-6,9-16,19,22-23H2,1H3. The lowest BCUT2D eigenvalue weighted by molar-refractivity contribution is -0.135. The Labute approximate surface area is 237 Å². The van der Waals surface area contributed by atoms with E-state index in [1.807, 2.05) is 29.0 Å². The number of fused-ring (bicyclic) bond motifs is 1. The van der Waals surface area contributed by atoms with Crippen molar-refractivity contribution in [2.75, 3.05) is 45.8 Å². The number of amides is 1. The number of hydrogen-bond donors (Lipinski definition) is 0. The third-order valence-corrected chi connectivity index (χ3v) is 9.19. The number of nitrogens with zero attached hydrogens (tertiary/aromatic N) is 6. The fourth-order valence-electron chi connectivity index (χ4n) is 6.68. The molecule has 2 aromatic heterocycles. The van der Waals surface area contributed by atoms with Gasteiger partial charge in [-0.15, -0.1) is 0 Å². The van der Waals surface area contributed by atoms with Gasteiger partial charge in [-0.1, -0.05) is 18.6 Å². The molecule has 0 saturated carbocycles. The van der Waals surface area contributed by atoms with Gasteiger partial charge in [-0.25, -0.2) is 0 Å². The topological polar surface area (TPSA) is 74.6 Å². The van der Waals surface area contributed by atoms with Crippen molar-refractivity contribution in [1.29, 1.82) is 0 Å². The number of ketones is 1. The van der Waals surface area contributed by atoms with Gasteiger partial charge >= 0.3 is 0 Å². The van der Waals surface area contributed by atoms with Crippen LogP contribution in [0.3, 0.4) is 0 Å². The van der Waals surface area contributed by atoms with Crippen molar-refractivity contribution in [3.05, 3.63) is 48.0 Å². The summed E-state index contributed by atoms with van der Waals surface area (Å²) in [6.45, 7) is 7.18. The zero-order valence-electron chi connectivity index (χ0n) is 23.9. The Morgan fingerprint density at radius 2 is 1.57 bits per heavy atom. The Hall–Kier alpha value is -3.10. The van der Waals surface area contributed by atoms with E-state index in [9.17, 15) is 9.59 Å². The molecule has 3 saturated heterocycles. The molecule has 0 aliphatic carbocycles. The highest BCUT2D eigenvalue weighted by Crippen LogP contribution is 2.29. The van der Waals surface area contributed by atoms with E-state index in [1.54, 1.807) is 0 Å². The molecule has 3 aliphatic heterocycles. The molecule has 212 valence electrons. The molecule has 0 spiro atoms. The summed E-state index contributed by atoms with van der Waals surface area (Å²) in [6, 6.07) is 8.57. The van der Waals surface area contributed by atoms with Crippen molar-refractivity contribution in [3.8, 4) is 11.1 Å². The van der Waals surface area contributed by atoms with Crippen LogP contribution in [0, 0.1) is 5.92 Å². The van der Waals surface area contributed by atoms with Crippen molar-refractivity contribution in [3.63, 3.8) is 0 Å². The molecule has 8 nitrogen and oxygen atoms in total. The first-order chi connectivity index (χ1) is 19.5. The third kappa shape index (κ3) is 6.13. The second-order valence-corrected chi connectivity index (χ2v) is 12.0. The smallest absolute Gasteiger partial charge is 0.236 e. The molecule has 5 heterocycles. The van der Waals surface area contributed by atoms with Crippen LogP contribution in [-0.4, -0.2) is 87.0 Å². The van der Waals surface area contributed by atoms with Gasteiger partial charge in [0.1, 0.15) is 5.78 Å². The highest BCUT2D eigenvalue weighted by molar-refractivity contribution is 5.89. The van der Waals surface area contributed by atoms with Crippen molar-refractivity contribution in [2.24, 2.45) is 13.0 Å². The molecule has 0 bridgehead atoms. The first-order valence-corrected chi connectivity index (χ1v) is 15.2. The second kappa shape index (κ2) is 12.2. The summed E-state index contributed by atoms with van der Waals surface area (Å²) in [5, 5.41) is 6.77. The fourth-order valence-corrected chi connectivity index (χ4v) is 6.68.